The number of hydrogen-bond acceptors (Lipinski definition) is 5. The van der Waals surface area contributed by atoms with Crippen LogP contribution in [-0.4, -0.2) is 27.2 Å². The van der Waals surface area contributed by atoms with Crippen molar-refractivity contribution < 1.29 is 23.2 Å². The number of nitrogens with one attached hydrogen (secondary N) is 1. The standard InChI is InChI=1S/C13H12F2N4O4/c1-8-4-10(23-13(14)15)2-3-11(8)17-12(20)7-18-6-9(5-16-18)19(21)22/h2-6,13H,7H2,1H3,(H,17,20). The number of aryl methyl sites for hydroxylation is 1. The molecule has 0 aliphatic rings. The molecular formula is C13H12F2N4O4. The molecule has 2 rings (SSSR count). The highest BCUT2D eigenvalue weighted by Gasteiger charge is 2.12. The van der Waals surface area contributed by atoms with Crippen molar-refractivity contribution in [1.29, 1.82) is 0 Å². The highest BCUT2D eigenvalue weighted by molar-refractivity contribution is 5.91. The third-order valence-corrected chi connectivity index (χ3v) is 2.83. The topological polar surface area (TPSA) is 99.3 Å². The van der Waals surface area contributed by atoms with Crippen LogP contribution in [0.1, 0.15) is 5.56 Å². The van der Waals surface area contributed by atoms with Crippen molar-refractivity contribution in [3.8, 4) is 5.75 Å². The molecule has 1 N–H and O–H groups in total. The number of alkyl halides is 2. The molecule has 0 saturated heterocycles. The Balaban J connectivity index is 2.00. The Labute approximate surface area is 128 Å². The average Bonchev–Trinajstić information content (AvgIpc) is 2.90. The van der Waals surface area contributed by atoms with Gasteiger partial charge in [0.1, 0.15) is 24.7 Å². The van der Waals surface area contributed by atoms with Crippen LogP contribution in [0.3, 0.4) is 0 Å². The summed E-state index contributed by atoms with van der Waals surface area (Å²) in [6, 6.07) is 4.09. The van der Waals surface area contributed by atoms with E-state index in [1.54, 1.807) is 6.92 Å². The molecule has 0 aliphatic carbocycles. The van der Waals surface area contributed by atoms with E-state index in [1.807, 2.05) is 0 Å². The fourth-order valence-corrected chi connectivity index (χ4v) is 1.82. The zero-order valence-corrected chi connectivity index (χ0v) is 11.9. The first kappa shape index (κ1) is 16.3. The molecule has 0 unspecified atom stereocenters. The molecule has 1 amide bonds. The minimum atomic E-state index is -2.93. The molecular weight excluding hydrogens is 314 g/mol. The molecule has 0 bridgehead atoms. The molecule has 1 aromatic carbocycles. The number of carbonyl (C=O) groups is 1. The maximum atomic E-state index is 12.1. The van der Waals surface area contributed by atoms with E-state index < -0.39 is 17.4 Å². The number of nitro groups is 1. The number of benzene rings is 1. The van der Waals surface area contributed by atoms with Gasteiger partial charge in [-0.3, -0.25) is 19.6 Å². The Hall–Kier alpha value is -3.04. The third-order valence-electron chi connectivity index (χ3n) is 2.83. The van der Waals surface area contributed by atoms with Crippen molar-refractivity contribution in [2.24, 2.45) is 0 Å². The molecule has 1 heterocycles. The third kappa shape index (κ3) is 4.46. The van der Waals surface area contributed by atoms with Crippen LogP contribution in [-0.2, 0) is 11.3 Å². The Bertz CT molecular complexity index is 733. The summed E-state index contributed by atoms with van der Waals surface area (Å²) in [6.45, 7) is -1.53. The molecule has 0 spiro atoms. The molecule has 122 valence electrons. The van der Waals surface area contributed by atoms with Gasteiger partial charge in [-0.25, -0.2) is 0 Å². The lowest BCUT2D eigenvalue weighted by Crippen LogP contribution is -2.19. The number of hydrogen-bond donors (Lipinski definition) is 1. The van der Waals surface area contributed by atoms with Crippen molar-refractivity contribution in [3.63, 3.8) is 0 Å². The Morgan fingerprint density at radius 1 is 1.52 bits per heavy atom. The predicted octanol–water partition coefficient (Wildman–Crippen LogP) is 2.34. The number of rotatable bonds is 6. The number of halogens is 2. The van der Waals surface area contributed by atoms with Gasteiger partial charge in [-0.05, 0) is 30.7 Å². The number of carbonyl (C=O) groups excluding carboxylic acids is 1. The molecule has 0 aliphatic heterocycles. The SMILES string of the molecule is Cc1cc(OC(F)F)ccc1NC(=O)Cn1cc([N+](=O)[O-])cn1. The zero-order chi connectivity index (χ0) is 17.0. The van der Waals surface area contributed by atoms with Gasteiger partial charge in [-0.2, -0.15) is 13.9 Å². The van der Waals surface area contributed by atoms with E-state index in [4.69, 9.17) is 0 Å². The lowest BCUT2D eigenvalue weighted by atomic mass is 10.2. The van der Waals surface area contributed by atoms with E-state index in [-0.39, 0.29) is 18.0 Å². The first-order valence-corrected chi connectivity index (χ1v) is 6.37. The number of amides is 1. The van der Waals surface area contributed by atoms with Crippen LogP contribution < -0.4 is 10.1 Å². The van der Waals surface area contributed by atoms with Crippen LogP contribution in [0.25, 0.3) is 0 Å². The summed E-state index contributed by atoms with van der Waals surface area (Å²) in [5, 5.41) is 16.8. The highest BCUT2D eigenvalue weighted by Crippen LogP contribution is 2.22. The zero-order valence-electron chi connectivity index (χ0n) is 11.9. The first-order chi connectivity index (χ1) is 10.8. The summed E-state index contributed by atoms with van der Waals surface area (Å²) in [6.07, 6.45) is 2.17. The molecule has 1 aromatic heterocycles. The van der Waals surface area contributed by atoms with Crippen LogP contribution in [0.15, 0.2) is 30.6 Å². The van der Waals surface area contributed by atoms with Crippen molar-refractivity contribution in [2.75, 3.05) is 5.32 Å². The van der Waals surface area contributed by atoms with Gasteiger partial charge in [0.15, 0.2) is 0 Å². The van der Waals surface area contributed by atoms with E-state index in [0.717, 1.165) is 17.1 Å². The normalized spacial score (nSPS) is 10.6. The van der Waals surface area contributed by atoms with Crippen molar-refractivity contribution in [2.45, 2.75) is 20.1 Å². The molecule has 0 radical (unpaired) electrons. The number of nitrogens with zero attached hydrogens (tertiary/aromatic N) is 3. The summed E-state index contributed by atoms with van der Waals surface area (Å²) in [5.41, 5.74) is 0.726. The molecule has 10 heteroatoms. The quantitative estimate of drug-likeness (QED) is 0.649. The number of ether oxygens (including phenoxy) is 1. The summed E-state index contributed by atoms with van der Waals surface area (Å²) < 4.78 is 29.6. The van der Waals surface area contributed by atoms with Gasteiger partial charge in [0.05, 0.1) is 4.92 Å². The fourth-order valence-electron chi connectivity index (χ4n) is 1.82. The van der Waals surface area contributed by atoms with E-state index >= 15 is 0 Å². The minimum Gasteiger partial charge on any atom is -0.435 e. The van der Waals surface area contributed by atoms with Gasteiger partial charge in [0.25, 0.3) is 0 Å². The van der Waals surface area contributed by atoms with E-state index in [2.05, 4.69) is 15.2 Å². The Morgan fingerprint density at radius 3 is 2.83 bits per heavy atom. The minimum absolute atomic E-state index is 0.0156. The summed E-state index contributed by atoms with van der Waals surface area (Å²) in [7, 11) is 0. The molecule has 0 atom stereocenters. The fraction of sp³-hybridized carbons (Fsp3) is 0.231. The number of aromatic nitrogens is 2. The molecule has 23 heavy (non-hydrogen) atoms. The second-order valence-electron chi connectivity index (χ2n) is 4.56. The second kappa shape index (κ2) is 6.81. The van der Waals surface area contributed by atoms with Crippen LogP contribution in [0.2, 0.25) is 0 Å². The molecule has 0 saturated carbocycles. The monoisotopic (exact) mass is 326 g/mol. The maximum absolute atomic E-state index is 12.1. The van der Waals surface area contributed by atoms with Crippen molar-refractivity contribution >= 4 is 17.3 Å². The first-order valence-electron chi connectivity index (χ1n) is 6.37. The summed E-state index contributed by atoms with van der Waals surface area (Å²) in [5.74, 6) is -0.480. The lowest BCUT2D eigenvalue weighted by Gasteiger charge is -2.11. The Morgan fingerprint density at radius 2 is 2.26 bits per heavy atom. The Kier molecular flexibility index (Phi) is 4.84. The molecule has 0 fully saturated rings. The van der Waals surface area contributed by atoms with Gasteiger partial charge < -0.3 is 10.1 Å². The lowest BCUT2D eigenvalue weighted by molar-refractivity contribution is -0.385. The van der Waals surface area contributed by atoms with Gasteiger partial charge in [0.2, 0.25) is 5.91 Å². The van der Waals surface area contributed by atoms with Crippen LogP contribution >= 0.6 is 0 Å². The molecule has 8 nitrogen and oxygen atoms in total. The average molecular weight is 326 g/mol. The van der Waals surface area contributed by atoms with Crippen LogP contribution in [0.4, 0.5) is 20.2 Å². The van der Waals surface area contributed by atoms with Crippen LogP contribution in [0.5, 0.6) is 5.75 Å². The summed E-state index contributed by atoms with van der Waals surface area (Å²) >= 11 is 0. The van der Waals surface area contributed by atoms with E-state index in [9.17, 15) is 23.7 Å². The van der Waals surface area contributed by atoms with Crippen molar-refractivity contribution in [1.82, 2.24) is 9.78 Å². The van der Waals surface area contributed by atoms with E-state index in [0.29, 0.717) is 11.3 Å². The van der Waals surface area contributed by atoms with Crippen LogP contribution in [0, 0.1) is 17.0 Å². The van der Waals surface area contributed by atoms with Gasteiger partial charge in [-0.15, -0.1) is 0 Å². The smallest absolute Gasteiger partial charge is 0.387 e. The van der Waals surface area contributed by atoms with Gasteiger partial charge in [0, 0.05) is 5.69 Å². The molecule has 2 aromatic rings. The highest BCUT2D eigenvalue weighted by atomic mass is 19.3. The second-order valence-corrected chi connectivity index (χ2v) is 4.56. The van der Waals surface area contributed by atoms with Crippen molar-refractivity contribution in [3.05, 3.63) is 46.3 Å². The van der Waals surface area contributed by atoms with E-state index in [1.165, 1.54) is 18.2 Å². The van der Waals surface area contributed by atoms with Gasteiger partial charge >= 0.3 is 12.3 Å². The predicted molar refractivity (Wildman–Crippen MR) is 75.3 cm³/mol. The number of anilines is 1. The maximum Gasteiger partial charge on any atom is 0.387 e. The largest absolute Gasteiger partial charge is 0.435 e. The van der Waals surface area contributed by atoms with Gasteiger partial charge in [-0.1, -0.05) is 0 Å². The summed E-state index contributed by atoms with van der Waals surface area (Å²) in [4.78, 5) is 21.8.